The van der Waals surface area contributed by atoms with Crippen molar-refractivity contribution in [2.24, 2.45) is 0 Å². The molecule has 1 N–H and O–H groups in total. The lowest BCUT2D eigenvalue weighted by atomic mass is 10.1. The number of carbonyl (C=O) groups excluding carboxylic acids is 1. The number of anilines is 1. The summed E-state index contributed by atoms with van der Waals surface area (Å²) in [7, 11) is 0. The van der Waals surface area contributed by atoms with Crippen LogP contribution in [0.5, 0.6) is 0 Å². The van der Waals surface area contributed by atoms with E-state index in [0.717, 1.165) is 31.0 Å². The van der Waals surface area contributed by atoms with Crippen LogP contribution in [0.15, 0.2) is 42.6 Å². The molecule has 1 amide bonds. The summed E-state index contributed by atoms with van der Waals surface area (Å²) in [5, 5.41) is 3.08. The van der Waals surface area contributed by atoms with Crippen molar-refractivity contribution in [3.05, 3.63) is 59.8 Å². The maximum Gasteiger partial charge on any atom is 0.236 e. The minimum atomic E-state index is -0.881. The maximum atomic E-state index is 13.3. The zero-order valence-electron chi connectivity index (χ0n) is 14.7. The first-order chi connectivity index (χ1) is 12.5. The van der Waals surface area contributed by atoms with E-state index in [4.69, 9.17) is 0 Å². The highest BCUT2D eigenvalue weighted by molar-refractivity contribution is 5.78. The monoisotopic (exact) mass is 360 g/mol. The molecule has 2 aromatic rings. The van der Waals surface area contributed by atoms with Crippen LogP contribution in [0.25, 0.3) is 0 Å². The number of hydrogen-bond donors (Lipinski definition) is 1. The highest BCUT2D eigenvalue weighted by Crippen LogP contribution is 2.16. The van der Waals surface area contributed by atoms with E-state index >= 15 is 0 Å². The Morgan fingerprint density at radius 2 is 1.92 bits per heavy atom. The highest BCUT2D eigenvalue weighted by Gasteiger charge is 2.22. The van der Waals surface area contributed by atoms with Crippen LogP contribution in [0.4, 0.5) is 14.6 Å². The number of piperazine rings is 1. The Kier molecular flexibility index (Phi) is 5.78. The van der Waals surface area contributed by atoms with Gasteiger partial charge in [-0.05, 0) is 36.8 Å². The fourth-order valence-corrected chi connectivity index (χ4v) is 2.98. The molecule has 1 fully saturated rings. The Balaban J connectivity index is 1.47. The van der Waals surface area contributed by atoms with Crippen LogP contribution in [0.3, 0.4) is 0 Å². The third kappa shape index (κ3) is 4.35. The van der Waals surface area contributed by atoms with Gasteiger partial charge in [-0.3, -0.25) is 4.79 Å². The Labute approximate surface area is 151 Å². The molecule has 1 aliphatic rings. The van der Waals surface area contributed by atoms with Crippen molar-refractivity contribution in [1.29, 1.82) is 0 Å². The molecule has 7 heteroatoms. The van der Waals surface area contributed by atoms with Crippen molar-refractivity contribution in [3.63, 3.8) is 0 Å². The van der Waals surface area contributed by atoms with Crippen molar-refractivity contribution in [1.82, 2.24) is 15.2 Å². The first-order valence-corrected chi connectivity index (χ1v) is 8.66. The summed E-state index contributed by atoms with van der Waals surface area (Å²) in [5.41, 5.74) is 0.608. The van der Waals surface area contributed by atoms with E-state index in [-0.39, 0.29) is 18.5 Å². The van der Waals surface area contributed by atoms with Crippen LogP contribution in [0, 0.1) is 11.6 Å². The summed E-state index contributed by atoms with van der Waals surface area (Å²) in [5.74, 6) is -0.833. The Bertz CT molecular complexity index is 748. The van der Waals surface area contributed by atoms with Crippen molar-refractivity contribution in [2.75, 3.05) is 37.6 Å². The smallest absolute Gasteiger partial charge is 0.236 e. The largest absolute Gasteiger partial charge is 0.353 e. The molecule has 0 radical (unpaired) electrons. The second-order valence-electron chi connectivity index (χ2n) is 6.33. The van der Waals surface area contributed by atoms with Crippen molar-refractivity contribution in [2.45, 2.75) is 13.0 Å². The molecule has 2 heterocycles. The van der Waals surface area contributed by atoms with Crippen molar-refractivity contribution >= 4 is 11.7 Å². The zero-order chi connectivity index (χ0) is 18.5. The van der Waals surface area contributed by atoms with E-state index in [0.29, 0.717) is 18.7 Å². The average Bonchev–Trinajstić information content (AvgIpc) is 2.68. The Hall–Kier alpha value is -2.54. The summed E-state index contributed by atoms with van der Waals surface area (Å²) in [6.07, 6.45) is 1.76. The predicted molar refractivity (Wildman–Crippen MR) is 95.8 cm³/mol. The molecule has 0 bridgehead atoms. The molecule has 1 aromatic carbocycles. The maximum absolute atomic E-state index is 13.3. The molecule has 0 aliphatic carbocycles. The standard InChI is InChI=1S/C19H22F2N4O/c1-14(15-5-6-16(20)17(21)12-15)23-13-19(26)25-10-8-24(9-11-25)18-4-2-3-7-22-18/h2-7,12,14,23H,8-11,13H2,1H3/t14-/m1/s1. The lowest BCUT2D eigenvalue weighted by Crippen LogP contribution is -2.51. The first-order valence-electron chi connectivity index (χ1n) is 8.66. The minimum absolute atomic E-state index is 0.0000967. The van der Waals surface area contributed by atoms with E-state index < -0.39 is 11.6 Å². The molecule has 1 aliphatic heterocycles. The molecule has 0 spiro atoms. The molecule has 1 aromatic heterocycles. The lowest BCUT2D eigenvalue weighted by Gasteiger charge is -2.35. The van der Waals surface area contributed by atoms with Crippen LogP contribution in [-0.4, -0.2) is 48.5 Å². The fraction of sp³-hybridized carbons (Fsp3) is 0.368. The summed E-state index contributed by atoms with van der Waals surface area (Å²) in [4.78, 5) is 20.7. The van der Waals surface area contributed by atoms with E-state index in [2.05, 4.69) is 15.2 Å². The molecule has 0 unspecified atom stereocenters. The molecule has 5 nitrogen and oxygen atoms in total. The zero-order valence-corrected chi connectivity index (χ0v) is 14.7. The van der Waals surface area contributed by atoms with Gasteiger partial charge < -0.3 is 15.1 Å². The normalized spacial score (nSPS) is 15.8. The topological polar surface area (TPSA) is 48.5 Å². The fourth-order valence-electron chi connectivity index (χ4n) is 2.98. The van der Waals surface area contributed by atoms with Crippen molar-refractivity contribution < 1.29 is 13.6 Å². The van der Waals surface area contributed by atoms with E-state index in [9.17, 15) is 13.6 Å². The molecule has 138 valence electrons. The molecule has 0 saturated carbocycles. The minimum Gasteiger partial charge on any atom is -0.353 e. The van der Waals surface area contributed by atoms with Gasteiger partial charge in [-0.15, -0.1) is 0 Å². The number of nitrogens with zero attached hydrogens (tertiary/aromatic N) is 3. The number of rotatable bonds is 5. The van der Waals surface area contributed by atoms with Crippen molar-refractivity contribution in [3.8, 4) is 0 Å². The Morgan fingerprint density at radius 3 is 2.58 bits per heavy atom. The van der Waals surface area contributed by atoms with Gasteiger partial charge in [-0.2, -0.15) is 0 Å². The second kappa shape index (κ2) is 8.23. The molecular weight excluding hydrogens is 338 g/mol. The van der Waals surface area contributed by atoms with Gasteiger partial charge in [0.05, 0.1) is 6.54 Å². The number of aromatic nitrogens is 1. The van der Waals surface area contributed by atoms with Gasteiger partial charge in [-0.25, -0.2) is 13.8 Å². The molecule has 1 saturated heterocycles. The van der Waals surface area contributed by atoms with Gasteiger partial charge in [-0.1, -0.05) is 12.1 Å². The predicted octanol–water partition coefficient (Wildman–Crippen LogP) is 2.36. The summed E-state index contributed by atoms with van der Waals surface area (Å²) < 4.78 is 26.3. The number of hydrogen-bond acceptors (Lipinski definition) is 4. The van der Waals surface area contributed by atoms with E-state index in [1.54, 1.807) is 6.20 Å². The van der Waals surface area contributed by atoms with Gasteiger partial charge >= 0.3 is 0 Å². The number of nitrogens with one attached hydrogen (secondary N) is 1. The quantitative estimate of drug-likeness (QED) is 0.889. The van der Waals surface area contributed by atoms with Gasteiger partial charge in [0, 0.05) is 38.4 Å². The van der Waals surface area contributed by atoms with Crippen LogP contribution in [0.2, 0.25) is 0 Å². The van der Waals surface area contributed by atoms with Crippen LogP contribution < -0.4 is 10.2 Å². The van der Waals surface area contributed by atoms with Gasteiger partial charge in [0.1, 0.15) is 5.82 Å². The number of halogens is 2. The third-order valence-electron chi connectivity index (χ3n) is 4.61. The van der Waals surface area contributed by atoms with Gasteiger partial charge in [0.25, 0.3) is 0 Å². The summed E-state index contributed by atoms with van der Waals surface area (Å²) in [6.45, 7) is 4.72. The van der Waals surface area contributed by atoms with Crippen LogP contribution >= 0.6 is 0 Å². The van der Waals surface area contributed by atoms with Crippen LogP contribution in [-0.2, 0) is 4.79 Å². The SMILES string of the molecule is C[C@@H](NCC(=O)N1CCN(c2ccccn2)CC1)c1ccc(F)c(F)c1. The highest BCUT2D eigenvalue weighted by atomic mass is 19.2. The first kappa shape index (κ1) is 18.3. The summed E-state index contributed by atoms with van der Waals surface area (Å²) >= 11 is 0. The van der Waals surface area contributed by atoms with Gasteiger partial charge in [0.2, 0.25) is 5.91 Å². The number of pyridine rings is 1. The molecule has 1 atom stereocenters. The Morgan fingerprint density at radius 1 is 1.15 bits per heavy atom. The molecule has 26 heavy (non-hydrogen) atoms. The lowest BCUT2D eigenvalue weighted by molar-refractivity contribution is -0.130. The number of amides is 1. The average molecular weight is 360 g/mol. The van der Waals surface area contributed by atoms with Gasteiger partial charge in [0.15, 0.2) is 11.6 Å². The molecule has 3 rings (SSSR count). The second-order valence-corrected chi connectivity index (χ2v) is 6.33. The van der Waals surface area contributed by atoms with E-state index in [1.165, 1.54) is 6.07 Å². The summed E-state index contributed by atoms with van der Waals surface area (Å²) in [6, 6.07) is 9.31. The third-order valence-corrected chi connectivity index (χ3v) is 4.61. The molecular formula is C19H22F2N4O. The van der Waals surface area contributed by atoms with E-state index in [1.807, 2.05) is 30.0 Å². The number of benzene rings is 1. The van der Waals surface area contributed by atoms with Crippen LogP contribution in [0.1, 0.15) is 18.5 Å². The number of carbonyl (C=O) groups is 1.